The lowest BCUT2D eigenvalue weighted by Gasteiger charge is -2.10. The number of para-hydroxylation sites is 1. The van der Waals surface area contributed by atoms with Gasteiger partial charge in [-0.3, -0.25) is 9.59 Å². The van der Waals surface area contributed by atoms with Gasteiger partial charge in [0.15, 0.2) is 11.5 Å². The van der Waals surface area contributed by atoms with E-state index in [0.717, 1.165) is 16.5 Å². The van der Waals surface area contributed by atoms with Crippen LogP contribution in [0.15, 0.2) is 53.3 Å². The third-order valence-electron chi connectivity index (χ3n) is 4.64. The molecule has 0 fully saturated rings. The summed E-state index contributed by atoms with van der Waals surface area (Å²) in [5, 5.41) is 3.86. The van der Waals surface area contributed by atoms with E-state index in [1.54, 1.807) is 14.2 Å². The maximum Gasteiger partial charge on any atom is 0.251 e. The van der Waals surface area contributed by atoms with E-state index < -0.39 is 0 Å². The maximum absolute atomic E-state index is 12.1. The molecule has 0 unspecified atom stereocenters. The molecular formula is C22H24N2O4. The number of benzene rings is 2. The number of hydrogen-bond donors (Lipinski definition) is 2. The number of methoxy groups -OCH3 is 2. The Bertz CT molecular complexity index is 1030. The van der Waals surface area contributed by atoms with Crippen molar-refractivity contribution in [1.82, 2.24) is 10.3 Å². The number of carbonyl (C=O) groups is 1. The van der Waals surface area contributed by atoms with Gasteiger partial charge in [-0.05, 0) is 48.1 Å². The Hall–Kier alpha value is -3.28. The van der Waals surface area contributed by atoms with Crippen LogP contribution in [0.2, 0.25) is 0 Å². The van der Waals surface area contributed by atoms with Gasteiger partial charge in [-0.1, -0.05) is 24.3 Å². The molecule has 28 heavy (non-hydrogen) atoms. The van der Waals surface area contributed by atoms with Crippen molar-refractivity contribution in [3.05, 3.63) is 70.0 Å². The van der Waals surface area contributed by atoms with Gasteiger partial charge in [0, 0.05) is 24.0 Å². The zero-order valence-corrected chi connectivity index (χ0v) is 16.1. The van der Waals surface area contributed by atoms with E-state index in [-0.39, 0.29) is 17.9 Å². The van der Waals surface area contributed by atoms with Crippen LogP contribution >= 0.6 is 0 Å². The van der Waals surface area contributed by atoms with Crippen LogP contribution < -0.4 is 20.3 Å². The molecule has 6 heteroatoms. The minimum absolute atomic E-state index is 0.0759. The average Bonchev–Trinajstić information content (AvgIpc) is 2.72. The summed E-state index contributed by atoms with van der Waals surface area (Å²) in [5.41, 5.74) is 2.32. The number of ether oxygens (including phenoxy) is 2. The first-order valence-electron chi connectivity index (χ1n) is 9.19. The Kier molecular flexibility index (Phi) is 6.32. The third-order valence-corrected chi connectivity index (χ3v) is 4.64. The van der Waals surface area contributed by atoms with Crippen molar-refractivity contribution in [2.75, 3.05) is 20.8 Å². The van der Waals surface area contributed by atoms with Crippen molar-refractivity contribution in [3.8, 4) is 11.5 Å². The van der Waals surface area contributed by atoms with E-state index in [0.29, 0.717) is 36.4 Å². The lowest BCUT2D eigenvalue weighted by Crippen LogP contribution is -2.26. The first-order chi connectivity index (χ1) is 13.6. The molecule has 0 saturated heterocycles. The summed E-state index contributed by atoms with van der Waals surface area (Å²) in [5.74, 6) is 1.27. The highest BCUT2D eigenvalue weighted by Crippen LogP contribution is 2.27. The molecule has 0 aliphatic rings. The fraction of sp³-hybridized carbons (Fsp3) is 0.273. The van der Waals surface area contributed by atoms with Crippen molar-refractivity contribution < 1.29 is 14.3 Å². The van der Waals surface area contributed by atoms with Gasteiger partial charge in [-0.25, -0.2) is 0 Å². The number of nitrogens with one attached hydrogen (secondary N) is 2. The summed E-state index contributed by atoms with van der Waals surface area (Å²) in [7, 11) is 3.19. The fourth-order valence-corrected chi connectivity index (χ4v) is 3.10. The number of hydrogen-bond acceptors (Lipinski definition) is 4. The van der Waals surface area contributed by atoms with Crippen LogP contribution in [0.5, 0.6) is 11.5 Å². The van der Waals surface area contributed by atoms with Gasteiger partial charge < -0.3 is 19.8 Å². The highest BCUT2D eigenvalue weighted by molar-refractivity contribution is 5.79. The number of rotatable bonds is 8. The van der Waals surface area contributed by atoms with Crippen molar-refractivity contribution in [2.45, 2.75) is 19.3 Å². The van der Waals surface area contributed by atoms with Crippen molar-refractivity contribution in [3.63, 3.8) is 0 Å². The number of amides is 1. The summed E-state index contributed by atoms with van der Waals surface area (Å²) in [4.78, 5) is 27.1. The normalized spacial score (nSPS) is 10.6. The van der Waals surface area contributed by atoms with Crippen molar-refractivity contribution in [2.24, 2.45) is 0 Å². The molecule has 0 saturated carbocycles. The largest absolute Gasteiger partial charge is 0.493 e. The molecule has 0 atom stereocenters. The lowest BCUT2D eigenvalue weighted by molar-refractivity contribution is -0.121. The average molecular weight is 380 g/mol. The molecule has 2 aromatic carbocycles. The summed E-state index contributed by atoms with van der Waals surface area (Å²) in [6.07, 6.45) is 1.36. The molecule has 1 heterocycles. The topological polar surface area (TPSA) is 80.4 Å². The Morgan fingerprint density at radius 1 is 1.00 bits per heavy atom. The molecule has 6 nitrogen and oxygen atoms in total. The van der Waals surface area contributed by atoms with Crippen molar-refractivity contribution in [1.29, 1.82) is 0 Å². The fourth-order valence-electron chi connectivity index (χ4n) is 3.10. The molecule has 1 amide bonds. The zero-order valence-electron chi connectivity index (χ0n) is 16.1. The summed E-state index contributed by atoms with van der Waals surface area (Å²) < 4.78 is 10.5. The second-order valence-corrected chi connectivity index (χ2v) is 6.50. The van der Waals surface area contributed by atoms with E-state index >= 15 is 0 Å². The molecule has 0 radical (unpaired) electrons. The van der Waals surface area contributed by atoms with Crippen LogP contribution in [0.1, 0.15) is 17.5 Å². The molecule has 146 valence electrons. The minimum atomic E-state index is -0.142. The molecule has 1 aromatic heterocycles. The number of carbonyl (C=O) groups excluding carboxylic acids is 1. The first kappa shape index (κ1) is 19.5. The number of H-pyrrole nitrogens is 1. The number of aromatic nitrogens is 1. The van der Waals surface area contributed by atoms with E-state index in [1.165, 1.54) is 0 Å². The van der Waals surface area contributed by atoms with Crippen LogP contribution in [0.4, 0.5) is 0 Å². The van der Waals surface area contributed by atoms with Crippen molar-refractivity contribution >= 4 is 16.8 Å². The quantitative estimate of drug-likeness (QED) is 0.630. The molecule has 0 spiro atoms. The van der Waals surface area contributed by atoms with Gasteiger partial charge in [-0.15, -0.1) is 0 Å². The standard InChI is InChI=1S/C22H24N2O4/c1-27-19-9-7-15(13-20(19)28-2)11-12-23-21(25)10-8-17-14-16-5-3-4-6-18(16)24-22(17)26/h3-7,9,13-14H,8,10-12H2,1-2H3,(H,23,25)(H,24,26). The molecule has 0 bridgehead atoms. The van der Waals surface area contributed by atoms with Crippen LogP contribution in [0.3, 0.4) is 0 Å². The van der Waals surface area contributed by atoms with Gasteiger partial charge in [0.05, 0.1) is 14.2 Å². The van der Waals surface area contributed by atoms with Gasteiger partial charge in [0.2, 0.25) is 5.91 Å². The molecular weight excluding hydrogens is 356 g/mol. The Balaban J connectivity index is 1.51. The maximum atomic E-state index is 12.1. The lowest BCUT2D eigenvalue weighted by atomic mass is 10.1. The summed E-state index contributed by atoms with van der Waals surface area (Å²) in [6, 6.07) is 15.2. The molecule has 0 aliphatic carbocycles. The highest BCUT2D eigenvalue weighted by atomic mass is 16.5. The van der Waals surface area contributed by atoms with Gasteiger partial charge in [0.25, 0.3) is 5.56 Å². The smallest absolute Gasteiger partial charge is 0.251 e. The monoisotopic (exact) mass is 380 g/mol. The van der Waals surface area contributed by atoms with E-state index in [9.17, 15) is 9.59 Å². The molecule has 2 N–H and O–H groups in total. The molecule has 3 aromatic rings. The van der Waals surface area contributed by atoms with Crippen LogP contribution in [0.25, 0.3) is 10.9 Å². The number of fused-ring (bicyclic) bond motifs is 1. The first-order valence-corrected chi connectivity index (χ1v) is 9.19. The molecule has 0 aliphatic heterocycles. The van der Waals surface area contributed by atoms with Crippen LogP contribution in [-0.2, 0) is 17.6 Å². The minimum Gasteiger partial charge on any atom is -0.493 e. The number of pyridine rings is 1. The van der Waals surface area contributed by atoms with E-state index in [2.05, 4.69) is 10.3 Å². The second kappa shape index (κ2) is 9.08. The predicted molar refractivity (Wildman–Crippen MR) is 109 cm³/mol. The second-order valence-electron chi connectivity index (χ2n) is 6.50. The zero-order chi connectivity index (χ0) is 19.9. The Morgan fingerprint density at radius 2 is 1.79 bits per heavy atom. The summed E-state index contributed by atoms with van der Waals surface area (Å²) in [6.45, 7) is 0.516. The van der Waals surface area contributed by atoms with E-state index in [4.69, 9.17) is 9.47 Å². The SMILES string of the molecule is COc1ccc(CCNC(=O)CCc2cc3ccccc3[nH]c2=O)cc1OC. The third kappa shape index (κ3) is 4.71. The highest BCUT2D eigenvalue weighted by Gasteiger charge is 2.08. The van der Waals surface area contributed by atoms with Gasteiger partial charge in [-0.2, -0.15) is 0 Å². The van der Waals surface area contributed by atoms with E-state index in [1.807, 2.05) is 48.5 Å². The predicted octanol–water partition coefficient (Wildman–Crippen LogP) is 2.84. The summed E-state index contributed by atoms with van der Waals surface area (Å²) >= 11 is 0. The van der Waals surface area contributed by atoms with Gasteiger partial charge in [0.1, 0.15) is 0 Å². The number of aryl methyl sites for hydroxylation is 1. The Morgan fingerprint density at radius 3 is 2.57 bits per heavy atom. The number of aromatic amines is 1. The van der Waals surface area contributed by atoms with Crippen LogP contribution in [-0.4, -0.2) is 31.7 Å². The molecule has 3 rings (SSSR count). The van der Waals surface area contributed by atoms with Gasteiger partial charge >= 0.3 is 0 Å². The van der Waals surface area contributed by atoms with Crippen LogP contribution in [0, 0.1) is 0 Å². The Labute approximate surface area is 163 Å².